The Kier molecular flexibility index (Phi) is 9.87. The summed E-state index contributed by atoms with van der Waals surface area (Å²) in [6, 6.07) is 32.1. The van der Waals surface area contributed by atoms with Gasteiger partial charge in [0.2, 0.25) is 5.91 Å². The molecule has 2 N–H and O–H groups in total. The van der Waals surface area contributed by atoms with E-state index in [1.807, 2.05) is 61.5 Å². The second-order valence-corrected chi connectivity index (χ2v) is 11.1. The number of rotatable bonds is 10. The van der Waals surface area contributed by atoms with Gasteiger partial charge < -0.3 is 15.4 Å². The number of hydrogen-bond acceptors (Lipinski definition) is 6. The van der Waals surface area contributed by atoms with E-state index in [2.05, 4.69) is 21.7 Å². The zero-order chi connectivity index (χ0) is 31.8. The van der Waals surface area contributed by atoms with Crippen molar-refractivity contribution in [1.29, 1.82) is 5.26 Å². The summed E-state index contributed by atoms with van der Waals surface area (Å²) in [6.07, 6.45) is 0. The minimum atomic E-state index is -0.407. The van der Waals surface area contributed by atoms with Crippen molar-refractivity contribution in [2.24, 2.45) is 0 Å². The number of thioether (sulfide) groups is 1. The highest BCUT2D eigenvalue weighted by Gasteiger charge is 2.25. The summed E-state index contributed by atoms with van der Waals surface area (Å²) in [5.41, 5.74) is 4.87. The Morgan fingerprint density at radius 3 is 2.27 bits per heavy atom. The number of aryl methyl sites for hydroxylation is 2. The van der Waals surface area contributed by atoms with E-state index in [4.69, 9.17) is 4.74 Å². The van der Waals surface area contributed by atoms with Crippen LogP contribution in [0.15, 0.2) is 108 Å². The van der Waals surface area contributed by atoms with Gasteiger partial charge in [0.25, 0.3) is 5.91 Å². The molecular weight excluding hydrogens is 587 g/mol. The van der Waals surface area contributed by atoms with Crippen molar-refractivity contribution in [2.75, 3.05) is 16.4 Å². The number of hydrogen-bond donors (Lipinski definition) is 2. The third-order valence-corrected chi connectivity index (χ3v) is 7.91. The van der Waals surface area contributed by atoms with E-state index >= 15 is 0 Å². The summed E-state index contributed by atoms with van der Waals surface area (Å²) in [4.78, 5) is 31.1. The predicted molar refractivity (Wildman–Crippen MR) is 175 cm³/mol. The fourth-order valence-electron chi connectivity index (χ4n) is 4.67. The zero-order valence-electron chi connectivity index (χ0n) is 24.6. The first-order valence-corrected chi connectivity index (χ1v) is 15.1. The molecule has 224 valence electrons. The number of ether oxygens (including phenoxy) is 1. The Hall–Kier alpha value is -5.46. The van der Waals surface area contributed by atoms with Crippen molar-refractivity contribution >= 4 is 35.0 Å². The Morgan fingerprint density at radius 1 is 0.889 bits per heavy atom. The Labute approximate surface area is 265 Å². The minimum absolute atomic E-state index is 0.0566. The maximum absolute atomic E-state index is 13.8. The quantitative estimate of drug-likeness (QED) is 0.154. The summed E-state index contributed by atoms with van der Waals surface area (Å²) in [6.45, 7) is 3.99. The van der Waals surface area contributed by atoms with Crippen molar-refractivity contribution in [3.63, 3.8) is 0 Å². The lowest BCUT2D eigenvalue weighted by atomic mass is 9.94. The standard InChI is InChI=1S/C36H29FN4O3S/c1-23-8-6-7-11-31(23)41-35(43)33-24(2)39-36(45-22-32(42)40-28-16-14-27(37)15-17-28)30(20-38)34(33)26-12-18-29(19-13-26)44-21-25-9-4-3-5-10-25/h3-19H,21-22H2,1-2H3,(H,40,42)(H,41,43). The van der Waals surface area contributed by atoms with E-state index in [1.165, 1.54) is 24.3 Å². The molecule has 0 fully saturated rings. The van der Waals surface area contributed by atoms with Gasteiger partial charge in [-0.05, 0) is 73.0 Å². The van der Waals surface area contributed by atoms with Crippen LogP contribution in [0, 0.1) is 31.0 Å². The summed E-state index contributed by atoms with van der Waals surface area (Å²) < 4.78 is 19.2. The van der Waals surface area contributed by atoms with Crippen molar-refractivity contribution in [1.82, 2.24) is 4.98 Å². The molecule has 2 amide bonds. The van der Waals surface area contributed by atoms with E-state index < -0.39 is 11.7 Å². The number of pyridine rings is 1. The molecule has 0 saturated carbocycles. The number of anilines is 2. The number of nitrogens with zero attached hydrogens (tertiary/aromatic N) is 2. The van der Waals surface area contributed by atoms with Gasteiger partial charge >= 0.3 is 0 Å². The van der Waals surface area contributed by atoms with E-state index in [1.54, 1.807) is 31.2 Å². The molecule has 9 heteroatoms. The summed E-state index contributed by atoms with van der Waals surface area (Å²) >= 11 is 1.08. The molecule has 0 bridgehead atoms. The fraction of sp³-hybridized carbons (Fsp3) is 0.111. The largest absolute Gasteiger partial charge is 0.489 e. The number of halogens is 1. The average Bonchev–Trinajstić information content (AvgIpc) is 3.05. The smallest absolute Gasteiger partial charge is 0.258 e. The lowest BCUT2D eigenvalue weighted by molar-refractivity contribution is -0.113. The molecule has 0 unspecified atom stereocenters. The van der Waals surface area contributed by atoms with Crippen molar-refractivity contribution < 1.29 is 18.7 Å². The van der Waals surface area contributed by atoms with Gasteiger partial charge in [0.1, 0.15) is 29.3 Å². The SMILES string of the molecule is Cc1ccccc1NC(=O)c1c(C)nc(SCC(=O)Nc2ccc(F)cc2)c(C#N)c1-c1ccc(OCc2ccccc2)cc1. The first kappa shape index (κ1) is 31.0. The molecule has 0 saturated heterocycles. The van der Waals surface area contributed by atoms with Gasteiger partial charge in [-0.15, -0.1) is 0 Å². The zero-order valence-corrected chi connectivity index (χ0v) is 25.5. The van der Waals surface area contributed by atoms with Crippen molar-refractivity contribution in [2.45, 2.75) is 25.5 Å². The van der Waals surface area contributed by atoms with Crippen molar-refractivity contribution in [3.05, 3.63) is 137 Å². The molecule has 45 heavy (non-hydrogen) atoms. The number of carbonyl (C=O) groups is 2. The third-order valence-electron chi connectivity index (χ3n) is 6.94. The number of aromatic nitrogens is 1. The van der Waals surface area contributed by atoms with Crippen LogP contribution in [-0.2, 0) is 11.4 Å². The highest BCUT2D eigenvalue weighted by Crippen LogP contribution is 2.36. The lowest BCUT2D eigenvalue weighted by Crippen LogP contribution is -2.18. The van der Waals surface area contributed by atoms with E-state index in [0.29, 0.717) is 45.6 Å². The molecule has 0 aliphatic rings. The number of nitrogens with one attached hydrogen (secondary N) is 2. The molecule has 0 atom stereocenters. The minimum Gasteiger partial charge on any atom is -0.489 e. The molecule has 1 heterocycles. The second-order valence-electron chi connectivity index (χ2n) is 10.2. The highest BCUT2D eigenvalue weighted by molar-refractivity contribution is 8.00. The molecule has 5 rings (SSSR count). The number of carbonyl (C=O) groups excluding carboxylic acids is 2. The van der Waals surface area contributed by atoms with Gasteiger partial charge in [-0.1, -0.05) is 72.4 Å². The van der Waals surface area contributed by atoms with E-state index in [-0.39, 0.29) is 22.8 Å². The number of amides is 2. The van der Waals surface area contributed by atoms with Gasteiger partial charge in [-0.3, -0.25) is 9.59 Å². The first-order valence-electron chi connectivity index (χ1n) is 14.1. The van der Waals surface area contributed by atoms with Crippen LogP contribution in [0.2, 0.25) is 0 Å². The molecular formula is C36H29FN4O3S. The van der Waals surface area contributed by atoms with Gasteiger partial charge in [-0.25, -0.2) is 9.37 Å². The molecule has 0 radical (unpaired) electrons. The van der Waals surface area contributed by atoms with Crippen LogP contribution < -0.4 is 15.4 Å². The fourth-order valence-corrected chi connectivity index (χ4v) is 5.51. The molecule has 0 aliphatic carbocycles. The van der Waals surface area contributed by atoms with Crippen LogP contribution in [0.5, 0.6) is 5.75 Å². The van der Waals surface area contributed by atoms with Crippen LogP contribution in [0.4, 0.5) is 15.8 Å². The average molecular weight is 617 g/mol. The van der Waals surface area contributed by atoms with Gasteiger partial charge in [0.05, 0.1) is 22.6 Å². The normalized spacial score (nSPS) is 10.5. The molecule has 5 aromatic rings. The third kappa shape index (κ3) is 7.74. The molecule has 0 aliphatic heterocycles. The van der Waals surface area contributed by atoms with Gasteiger partial charge in [0, 0.05) is 16.9 Å². The summed E-state index contributed by atoms with van der Waals surface area (Å²) in [7, 11) is 0. The molecule has 7 nitrogen and oxygen atoms in total. The van der Waals surface area contributed by atoms with Crippen LogP contribution in [0.3, 0.4) is 0 Å². The highest BCUT2D eigenvalue weighted by atomic mass is 32.2. The molecule has 1 aromatic heterocycles. The van der Waals surface area contributed by atoms with E-state index in [9.17, 15) is 19.2 Å². The summed E-state index contributed by atoms with van der Waals surface area (Å²) in [5, 5.41) is 16.4. The first-order chi connectivity index (χ1) is 21.8. The maximum Gasteiger partial charge on any atom is 0.258 e. The molecule has 0 spiro atoms. The van der Waals surface area contributed by atoms with Crippen molar-refractivity contribution in [3.8, 4) is 22.9 Å². The lowest BCUT2D eigenvalue weighted by Gasteiger charge is -2.18. The summed E-state index contributed by atoms with van der Waals surface area (Å²) in [5.74, 6) is -0.590. The Balaban J connectivity index is 1.47. The van der Waals surface area contributed by atoms with Crippen LogP contribution in [0.1, 0.15) is 32.7 Å². The number of nitriles is 1. The topological polar surface area (TPSA) is 104 Å². The predicted octanol–water partition coefficient (Wildman–Crippen LogP) is 7.94. The van der Waals surface area contributed by atoms with Gasteiger partial charge in [-0.2, -0.15) is 5.26 Å². The second kappa shape index (κ2) is 14.3. The van der Waals surface area contributed by atoms with Gasteiger partial charge in [0.15, 0.2) is 0 Å². The van der Waals surface area contributed by atoms with Crippen LogP contribution in [-0.4, -0.2) is 22.6 Å². The van der Waals surface area contributed by atoms with Crippen LogP contribution in [0.25, 0.3) is 11.1 Å². The monoisotopic (exact) mass is 616 g/mol. The van der Waals surface area contributed by atoms with Crippen LogP contribution >= 0.6 is 11.8 Å². The number of para-hydroxylation sites is 1. The van der Waals surface area contributed by atoms with E-state index in [0.717, 1.165) is 22.9 Å². The molecule has 4 aromatic carbocycles. The maximum atomic E-state index is 13.8. The Morgan fingerprint density at radius 2 is 1.58 bits per heavy atom. The number of benzene rings is 4. The Bertz CT molecular complexity index is 1870.